The minimum absolute atomic E-state index is 0.0663. The monoisotopic (exact) mass is 246 g/mol. The van der Waals surface area contributed by atoms with Crippen LogP contribution >= 0.6 is 0 Å². The van der Waals surface area contributed by atoms with E-state index in [1.165, 1.54) is 31.0 Å². The molecule has 2 N–H and O–H groups in total. The molecule has 0 bridgehead atoms. The maximum atomic E-state index is 10.1. The topological polar surface area (TPSA) is 40.5 Å². The molecule has 0 unspecified atom stereocenters. The lowest BCUT2D eigenvalue weighted by Crippen LogP contribution is -2.44. The molecule has 0 heterocycles. The second-order valence-corrected chi connectivity index (χ2v) is 10.5. The predicted molar refractivity (Wildman–Crippen MR) is 73.6 cm³/mol. The van der Waals surface area contributed by atoms with Gasteiger partial charge in [0.2, 0.25) is 0 Å². The van der Waals surface area contributed by atoms with Crippen molar-refractivity contribution in [2.45, 2.75) is 76.7 Å². The van der Waals surface area contributed by atoms with Crippen LogP contribution in [0.25, 0.3) is 0 Å². The number of aliphatic hydroxyl groups excluding tert-OH is 2. The molecule has 0 aromatic carbocycles. The van der Waals surface area contributed by atoms with Crippen LogP contribution in [0.4, 0.5) is 0 Å². The van der Waals surface area contributed by atoms with Gasteiger partial charge in [0.1, 0.15) is 0 Å². The molecule has 0 fully saturated rings. The van der Waals surface area contributed by atoms with Crippen LogP contribution in [-0.4, -0.2) is 31.0 Å². The average Bonchev–Trinajstić information content (AvgIpc) is 2.34. The van der Waals surface area contributed by atoms with Gasteiger partial charge in [-0.25, -0.2) is 0 Å². The van der Waals surface area contributed by atoms with Gasteiger partial charge in [0, 0.05) is 0 Å². The van der Waals surface area contributed by atoms with E-state index in [9.17, 15) is 10.2 Å². The second kappa shape index (κ2) is 8.26. The first-order valence-corrected chi connectivity index (χ1v) is 9.60. The lowest BCUT2D eigenvalue weighted by Gasteiger charge is -2.39. The molecule has 0 aliphatic rings. The van der Waals surface area contributed by atoms with Crippen LogP contribution in [0.5, 0.6) is 0 Å². The van der Waals surface area contributed by atoms with Gasteiger partial charge in [0.25, 0.3) is 0 Å². The highest BCUT2D eigenvalue weighted by molar-refractivity contribution is 6.81. The summed E-state index contributed by atoms with van der Waals surface area (Å²) >= 11 is 0. The number of hydrogen-bond donors (Lipinski definition) is 2. The number of aliphatic hydroxyl groups is 2. The third-order valence-corrected chi connectivity index (χ3v) is 10.9. The Labute approximate surface area is 102 Å². The summed E-state index contributed by atoms with van der Waals surface area (Å²) in [5, 5.41) is 19.3. The molecule has 0 aromatic heterocycles. The summed E-state index contributed by atoms with van der Waals surface area (Å²) in [7, 11) is -1.38. The minimum atomic E-state index is -1.38. The lowest BCUT2D eigenvalue weighted by molar-refractivity contribution is 0.0837. The normalized spacial score (nSPS) is 16.1. The van der Waals surface area contributed by atoms with Gasteiger partial charge in [-0.3, -0.25) is 0 Å². The predicted octanol–water partition coefficient (Wildman–Crippen LogP) is 3.41. The van der Waals surface area contributed by atoms with Gasteiger partial charge in [0.15, 0.2) is 0 Å². The van der Waals surface area contributed by atoms with Crippen molar-refractivity contribution < 1.29 is 10.2 Å². The Morgan fingerprint density at radius 1 is 1.00 bits per heavy atom. The number of rotatable bonds is 9. The highest BCUT2D eigenvalue weighted by Gasteiger charge is 2.39. The van der Waals surface area contributed by atoms with Crippen LogP contribution in [0, 0.1) is 0 Å². The molecule has 98 valence electrons. The van der Waals surface area contributed by atoms with E-state index >= 15 is 0 Å². The minimum Gasteiger partial charge on any atom is -0.394 e. The van der Waals surface area contributed by atoms with Gasteiger partial charge in [-0.05, 0) is 5.54 Å². The molecule has 3 heteroatoms. The quantitative estimate of drug-likeness (QED) is 0.612. The molecule has 0 spiro atoms. The third kappa shape index (κ3) is 3.86. The van der Waals surface area contributed by atoms with Crippen molar-refractivity contribution in [1.29, 1.82) is 0 Å². The molecule has 0 amide bonds. The first-order chi connectivity index (χ1) is 7.61. The summed E-state index contributed by atoms with van der Waals surface area (Å²) < 4.78 is 0. The van der Waals surface area contributed by atoms with E-state index in [1.807, 2.05) is 0 Å². The van der Waals surface area contributed by atoms with Crippen LogP contribution < -0.4 is 0 Å². The lowest BCUT2D eigenvalue weighted by atomic mass is 10.1. The third-order valence-electron chi connectivity index (χ3n) is 4.42. The highest BCUT2D eigenvalue weighted by Crippen LogP contribution is 2.39. The fourth-order valence-corrected chi connectivity index (χ4v) is 7.81. The van der Waals surface area contributed by atoms with E-state index in [4.69, 9.17) is 0 Å². The highest BCUT2D eigenvalue weighted by atomic mass is 28.3. The van der Waals surface area contributed by atoms with Gasteiger partial charge in [-0.2, -0.15) is 0 Å². The second-order valence-electron chi connectivity index (χ2n) is 4.92. The Balaban J connectivity index is 4.80. The van der Waals surface area contributed by atoms with Crippen LogP contribution in [-0.2, 0) is 0 Å². The summed E-state index contributed by atoms with van der Waals surface area (Å²) in [6, 6.07) is 3.68. The molecular formula is C13H30O2Si. The van der Waals surface area contributed by atoms with Crippen molar-refractivity contribution in [2.24, 2.45) is 0 Å². The van der Waals surface area contributed by atoms with Crippen molar-refractivity contribution in [3.05, 3.63) is 0 Å². The molecular weight excluding hydrogens is 216 g/mol. The van der Waals surface area contributed by atoms with Gasteiger partial charge < -0.3 is 10.2 Å². The Kier molecular flexibility index (Phi) is 8.33. The van der Waals surface area contributed by atoms with Crippen molar-refractivity contribution in [3.8, 4) is 0 Å². The van der Waals surface area contributed by atoms with Crippen LogP contribution in [0.1, 0.15) is 47.0 Å². The standard InChI is InChI=1S/C13H30O2Si/c1-5-9-10-13(12(15)11-14)16(6-2,7-3)8-4/h12-15H,5-11H2,1-4H3/t12-,13-/m0/s1. The Morgan fingerprint density at radius 2 is 1.50 bits per heavy atom. The van der Waals surface area contributed by atoms with Gasteiger partial charge in [-0.1, -0.05) is 65.1 Å². The molecule has 0 saturated heterocycles. The van der Waals surface area contributed by atoms with Crippen molar-refractivity contribution in [2.75, 3.05) is 6.61 Å². The van der Waals surface area contributed by atoms with E-state index in [-0.39, 0.29) is 6.61 Å². The van der Waals surface area contributed by atoms with Crippen molar-refractivity contribution >= 4 is 8.07 Å². The molecule has 0 radical (unpaired) electrons. The molecule has 0 aliphatic carbocycles. The zero-order valence-corrected chi connectivity index (χ0v) is 12.5. The summed E-state index contributed by atoms with van der Waals surface area (Å²) in [4.78, 5) is 0. The molecule has 16 heavy (non-hydrogen) atoms. The van der Waals surface area contributed by atoms with Crippen molar-refractivity contribution in [3.63, 3.8) is 0 Å². The Bertz CT molecular complexity index is 161. The van der Waals surface area contributed by atoms with Gasteiger partial charge >= 0.3 is 0 Å². The van der Waals surface area contributed by atoms with E-state index in [2.05, 4.69) is 27.7 Å². The molecule has 2 nitrogen and oxygen atoms in total. The Hall–Kier alpha value is 0.137. The van der Waals surface area contributed by atoms with Crippen LogP contribution in [0.15, 0.2) is 0 Å². The summed E-state index contributed by atoms with van der Waals surface area (Å²) in [6.07, 6.45) is 2.96. The summed E-state index contributed by atoms with van der Waals surface area (Å²) in [5.74, 6) is 0. The largest absolute Gasteiger partial charge is 0.394 e. The number of unbranched alkanes of at least 4 members (excludes halogenated alkanes) is 1. The zero-order chi connectivity index (χ0) is 12.6. The molecule has 0 aliphatic heterocycles. The smallest absolute Gasteiger partial charge is 0.0775 e. The van der Waals surface area contributed by atoms with E-state index < -0.39 is 14.2 Å². The molecule has 0 aromatic rings. The first-order valence-electron chi connectivity index (χ1n) is 6.90. The summed E-state index contributed by atoms with van der Waals surface area (Å²) in [6.45, 7) is 8.92. The van der Waals surface area contributed by atoms with E-state index in [0.29, 0.717) is 5.54 Å². The van der Waals surface area contributed by atoms with Crippen molar-refractivity contribution in [1.82, 2.24) is 0 Å². The fourth-order valence-electron chi connectivity index (χ4n) is 2.99. The average molecular weight is 246 g/mol. The number of hydrogen-bond acceptors (Lipinski definition) is 2. The molecule has 0 rings (SSSR count). The van der Waals surface area contributed by atoms with Gasteiger partial charge in [0.05, 0.1) is 20.8 Å². The SMILES string of the molecule is CCCC[C@@H]([C@@H](O)CO)[Si](CC)(CC)CC. The molecule has 0 saturated carbocycles. The first kappa shape index (κ1) is 16.1. The Morgan fingerprint density at radius 3 is 1.81 bits per heavy atom. The molecule has 2 atom stereocenters. The fraction of sp³-hybridized carbons (Fsp3) is 1.00. The van der Waals surface area contributed by atoms with E-state index in [1.54, 1.807) is 0 Å². The zero-order valence-electron chi connectivity index (χ0n) is 11.5. The van der Waals surface area contributed by atoms with E-state index in [0.717, 1.165) is 6.42 Å². The van der Waals surface area contributed by atoms with Crippen LogP contribution in [0.2, 0.25) is 23.7 Å². The maximum absolute atomic E-state index is 10.1. The van der Waals surface area contributed by atoms with Crippen LogP contribution in [0.3, 0.4) is 0 Å². The maximum Gasteiger partial charge on any atom is 0.0775 e. The van der Waals surface area contributed by atoms with Gasteiger partial charge in [-0.15, -0.1) is 0 Å². The summed E-state index contributed by atoms with van der Waals surface area (Å²) in [5.41, 5.74) is 0.387.